The van der Waals surface area contributed by atoms with E-state index in [4.69, 9.17) is 25.8 Å². The van der Waals surface area contributed by atoms with E-state index in [1.807, 2.05) is 18.2 Å². The molecule has 0 bridgehead atoms. The second kappa shape index (κ2) is 10.5. The van der Waals surface area contributed by atoms with Crippen LogP contribution < -0.4 is 18.9 Å². The third kappa shape index (κ3) is 5.46. The molecule has 0 aromatic heterocycles. The second-order valence-corrected chi connectivity index (χ2v) is 10.8. The van der Waals surface area contributed by atoms with Gasteiger partial charge in [0.25, 0.3) is 15.9 Å². The van der Waals surface area contributed by atoms with Gasteiger partial charge in [0.15, 0.2) is 11.5 Å². The van der Waals surface area contributed by atoms with Gasteiger partial charge in [-0.3, -0.25) is 14.4 Å². The molecule has 3 aromatic carbocycles. The van der Waals surface area contributed by atoms with Crippen LogP contribution in [0.1, 0.15) is 15.9 Å². The van der Waals surface area contributed by atoms with Gasteiger partial charge in [-0.05, 0) is 48.0 Å². The molecule has 0 spiro atoms. The zero-order chi connectivity index (χ0) is 26.0. The summed E-state index contributed by atoms with van der Waals surface area (Å²) in [5.74, 6) is 1.63. The number of nitrogens with zero attached hydrogens (tertiary/aromatic N) is 2. The number of nitrogens with one attached hydrogen (secondary N) is 1. The lowest BCUT2D eigenvalue weighted by Crippen LogP contribution is -2.48. The van der Waals surface area contributed by atoms with Crippen LogP contribution in [0.4, 0.5) is 5.69 Å². The normalized spacial score (nSPS) is 15.5. The van der Waals surface area contributed by atoms with E-state index in [1.54, 1.807) is 35.2 Å². The Hall–Kier alpha value is -3.47. The molecule has 2 aliphatic rings. The smallest absolute Gasteiger partial charge is 0.263 e. The van der Waals surface area contributed by atoms with Crippen molar-refractivity contribution in [1.82, 2.24) is 9.80 Å². The van der Waals surface area contributed by atoms with E-state index in [9.17, 15) is 13.2 Å². The van der Waals surface area contributed by atoms with Crippen molar-refractivity contribution in [2.75, 3.05) is 44.8 Å². The van der Waals surface area contributed by atoms with Gasteiger partial charge < -0.3 is 19.1 Å². The Morgan fingerprint density at radius 3 is 2.54 bits per heavy atom. The first-order chi connectivity index (χ1) is 17.8. The number of rotatable bonds is 7. The van der Waals surface area contributed by atoms with E-state index in [0.29, 0.717) is 31.9 Å². The predicted octanol–water partition coefficient (Wildman–Crippen LogP) is 3.84. The van der Waals surface area contributed by atoms with Crippen molar-refractivity contribution in [2.24, 2.45) is 0 Å². The van der Waals surface area contributed by atoms with E-state index in [1.165, 1.54) is 19.2 Å². The van der Waals surface area contributed by atoms with Crippen LogP contribution in [0.15, 0.2) is 65.6 Å². The maximum Gasteiger partial charge on any atom is 0.263 e. The summed E-state index contributed by atoms with van der Waals surface area (Å²) in [5.41, 5.74) is 1.64. The predicted molar refractivity (Wildman–Crippen MR) is 139 cm³/mol. The molecule has 5 rings (SSSR count). The molecule has 2 heterocycles. The Balaban J connectivity index is 1.25. The van der Waals surface area contributed by atoms with E-state index in [2.05, 4.69) is 9.62 Å². The summed E-state index contributed by atoms with van der Waals surface area (Å²) in [6, 6.07) is 16.9. The van der Waals surface area contributed by atoms with E-state index < -0.39 is 10.0 Å². The van der Waals surface area contributed by atoms with Crippen LogP contribution in [0.25, 0.3) is 0 Å². The number of anilines is 1. The molecule has 1 fully saturated rings. The number of fused-ring (bicyclic) bond motifs is 1. The number of piperazine rings is 1. The van der Waals surface area contributed by atoms with Gasteiger partial charge in [0.05, 0.1) is 17.8 Å². The number of benzene rings is 3. The van der Waals surface area contributed by atoms with Crippen LogP contribution >= 0.6 is 11.6 Å². The maximum atomic E-state index is 13.2. The molecular weight excluding hydrogens is 518 g/mol. The summed E-state index contributed by atoms with van der Waals surface area (Å²) in [7, 11) is -2.62. The van der Waals surface area contributed by atoms with Crippen LogP contribution in [0.3, 0.4) is 0 Å². The molecule has 194 valence electrons. The van der Waals surface area contributed by atoms with Gasteiger partial charge >= 0.3 is 0 Å². The Labute approximate surface area is 220 Å². The molecule has 1 saturated heterocycles. The maximum absolute atomic E-state index is 13.2. The quantitative estimate of drug-likeness (QED) is 0.483. The summed E-state index contributed by atoms with van der Waals surface area (Å²) in [6.45, 7) is 3.39. The standard InChI is InChI=1S/C26H26ClN3O6S/c1-34-22-5-3-2-4-21(22)28-37(32,33)25-15-19(7-8-20(25)27)26(31)30-12-10-29(11-13-30)16-18-6-9-23-24(14-18)36-17-35-23/h2-9,14-15,28H,10-13,16-17H2,1H3. The van der Waals surface area contributed by atoms with Crippen molar-refractivity contribution in [3.8, 4) is 17.2 Å². The Morgan fingerprint density at radius 2 is 1.76 bits per heavy atom. The second-order valence-electron chi connectivity index (χ2n) is 8.71. The number of halogens is 1. The fraction of sp³-hybridized carbons (Fsp3) is 0.269. The highest BCUT2D eigenvalue weighted by atomic mass is 35.5. The Kier molecular flexibility index (Phi) is 7.14. The van der Waals surface area contributed by atoms with E-state index >= 15 is 0 Å². The molecule has 0 radical (unpaired) electrons. The molecular formula is C26H26ClN3O6S. The average Bonchev–Trinajstić information content (AvgIpc) is 3.37. The molecule has 11 heteroatoms. The van der Waals surface area contributed by atoms with Crippen LogP contribution in [-0.4, -0.2) is 64.2 Å². The number of ether oxygens (including phenoxy) is 3. The first-order valence-electron chi connectivity index (χ1n) is 11.7. The number of carbonyl (C=O) groups is 1. The lowest BCUT2D eigenvalue weighted by molar-refractivity contribution is 0.0628. The van der Waals surface area contributed by atoms with E-state index in [-0.39, 0.29) is 33.9 Å². The highest BCUT2D eigenvalue weighted by molar-refractivity contribution is 7.92. The first-order valence-corrected chi connectivity index (χ1v) is 13.6. The Morgan fingerprint density at radius 1 is 1.00 bits per heavy atom. The Bertz CT molecular complexity index is 1420. The molecule has 0 saturated carbocycles. The third-order valence-corrected chi connectivity index (χ3v) is 8.17. The molecule has 3 aromatic rings. The minimum Gasteiger partial charge on any atom is -0.495 e. The molecule has 0 unspecified atom stereocenters. The fourth-order valence-corrected chi connectivity index (χ4v) is 5.96. The van der Waals surface area contributed by atoms with Gasteiger partial charge in [-0.2, -0.15) is 0 Å². The molecule has 37 heavy (non-hydrogen) atoms. The largest absolute Gasteiger partial charge is 0.495 e. The molecule has 1 N–H and O–H groups in total. The monoisotopic (exact) mass is 543 g/mol. The number of hydrogen-bond acceptors (Lipinski definition) is 7. The zero-order valence-electron chi connectivity index (χ0n) is 20.1. The lowest BCUT2D eigenvalue weighted by Gasteiger charge is -2.35. The molecule has 0 aliphatic carbocycles. The summed E-state index contributed by atoms with van der Waals surface area (Å²) < 4.78 is 44.8. The topological polar surface area (TPSA) is 97.4 Å². The van der Waals surface area contributed by atoms with E-state index in [0.717, 1.165) is 23.6 Å². The van der Waals surface area contributed by atoms with Crippen LogP contribution in [0.2, 0.25) is 5.02 Å². The SMILES string of the molecule is COc1ccccc1NS(=O)(=O)c1cc(C(=O)N2CCN(Cc3ccc4c(c3)OCO4)CC2)ccc1Cl. The fourth-order valence-electron chi connectivity index (χ4n) is 4.36. The van der Waals surface area contributed by atoms with Crippen molar-refractivity contribution in [3.05, 3.63) is 76.8 Å². The van der Waals surface area contributed by atoms with Crippen LogP contribution in [0.5, 0.6) is 17.2 Å². The number of amides is 1. The first kappa shape index (κ1) is 25.2. The highest BCUT2D eigenvalue weighted by Gasteiger charge is 2.26. The molecule has 1 amide bonds. The number of para-hydroxylation sites is 2. The van der Waals surface area contributed by atoms with Gasteiger partial charge in [-0.15, -0.1) is 0 Å². The molecule has 9 nitrogen and oxygen atoms in total. The van der Waals surface area contributed by atoms with Gasteiger partial charge in [-0.1, -0.05) is 29.8 Å². The lowest BCUT2D eigenvalue weighted by atomic mass is 10.1. The van der Waals surface area contributed by atoms with Crippen LogP contribution in [-0.2, 0) is 16.6 Å². The van der Waals surface area contributed by atoms with Crippen molar-refractivity contribution in [1.29, 1.82) is 0 Å². The van der Waals surface area contributed by atoms with Crippen molar-refractivity contribution < 1.29 is 27.4 Å². The van der Waals surface area contributed by atoms with Gasteiger partial charge in [0, 0.05) is 38.3 Å². The van der Waals surface area contributed by atoms with Crippen molar-refractivity contribution in [2.45, 2.75) is 11.4 Å². The highest BCUT2D eigenvalue weighted by Crippen LogP contribution is 2.33. The third-order valence-electron chi connectivity index (χ3n) is 6.32. The van der Waals surface area contributed by atoms with Gasteiger partial charge in [-0.25, -0.2) is 8.42 Å². The number of carbonyl (C=O) groups excluding carboxylic acids is 1. The number of methoxy groups -OCH3 is 1. The van der Waals surface area contributed by atoms with Gasteiger partial charge in [0.1, 0.15) is 10.6 Å². The van der Waals surface area contributed by atoms with Crippen molar-refractivity contribution in [3.63, 3.8) is 0 Å². The molecule has 2 aliphatic heterocycles. The molecule has 0 atom stereocenters. The summed E-state index contributed by atoms with van der Waals surface area (Å²) >= 11 is 6.24. The summed E-state index contributed by atoms with van der Waals surface area (Å²) in [6.07, 6.45) is 0. The summed E-state index contributed by atoms with van der Waals surface area (Å²) in [5, 5.41) is 0.0208. The minimum absolute atomic E-state index is 0.0208. The number of sulfonamides is 1. The number of hydrogen-bond donors (Lipinski definition) is 1. The van der Waals surface area contributed by atoms with Crippen molar-refractivity contribution >= 4 is 33.2 Å². The van der Waals surface area contributed by atoms with Crippen LogP contribution in [0, 0.1) is 0 Å². The average molecular weight is 544 g/mol. The van der Waals surface area contributed by atoms with Gasteiger partial charge in [0.2, 0.25) is 6.79 Å². The summed E-state index contributed by atoms with van der Waals surface area (Å²) in [4.78, 5) is 17.1. The zero-order valence-corrected chi connectivity index (χ0v) is 21.7. The minimum atomic E-state index is -4.07.